The largest absolute Gasteiger partial charge is 0.457 e. The van der Waals surface area contributed by atoms with E-state index in [2.05, 4.69) is 0 Å². The molecule has 0 radical (unpaired) electrons. The second kappa shape index (κ2) is 7.09. The molecule has 1 unspecified atom stereocenters. The Kier molecular flexibility index (Phi) is 4.88. The van der Waals surface area contributed by atoms with Crippen molar-refractivity contribution in [2.75, 3.05) is 13.1 Å². The molecule has 0 fully saturated rings. The summed E-state index contributed by atoms with van der Waals surface area (Å²) in [6.45, 7) is 6.55. The van der Waals surface area contributed by atoms with Gasteiger partial charge in [-0.2, -0.15) is 0 Å². The highest BCUT2D eigenvalue weighted by atomic mass is 16.5. The lowest BCUT2D eigenvalue weighted by Crippen LogP contribution is -2.42. The number of carbonyl (C=O) groups is 2. The van der Waals surface area contributed by atoms with Gasteiger partial charge in [0.2, 0.25) is 5.91 Å². The number of ketones is 1. The fraction of sp³-hybridized carbons (Fsp3) is 0.333. The van der Waals surface area contributed by atoms with Crippen LogP contribution in [0.1, 0.15) is 37.8 Å². The molecule has 0 aromatic heterocycles. The number of hydrogen-bond acceptors (Lipinski definition) is 3. The van der Waals surface area contributed by atoms with Gasteiger partial charge in [0, 0.05) is 30.1 Å². The molecule has 4 heteroatoms. The van der Waals surface area contributed by atoms with Gasteiger partial charge in [0.1, 0.15) is 23.2 Å². The summed E-state index contributed by atoms with van der Waals surface area (Å²) in [4.78, 5) is 27.4. The molecule has 0 aliphatic carbocycles. The van der Waals surface area contributed by atoms with Gasteiger partial charge in [-0.1, -0.05) is 36.4 Å². The van der Waals surface area contributed by atoms with Crippen LogP contribution in [-0.4, -0.2) is 29.7 Å². The van der Waals surface area contributed by atoms with E-state index < -0.39 is 5.92 Å². The molecule has 1 aliphatic heterocycles. The molecule has 0 spiro atoms. The second-order valence-corrected chi connectivity index (χ2v) is 6.25. The molecule has 25 heavy (non-hydrogen) atoms. The van der Waals surface area contributed by atoms with Gasteiger partial charge in [0.25, 0.3) is 0 Å². The Labute approximate surface area is 148 Å². The van der Waals surface area contributed by atoms with Gasteiger partial charge in [-0.05, 0) is 32.9 Å². The minimum atomic E-state index is -0.744. The van der Waals surface area contributed by atoms with Gasteiger partial charge < -0.3 is 9.64 Å². The van der Waals surface area contributed by atoms with Crippen LogP contribution in [0.4, 0.5) is 0 Å². The lowest BCUT2D eigenvalue weighted by molar-refractivity contribution is -0.141. The Bertz CT molecular complexity index is 750. The van der Waals surface area contributed by atoms with Crippen LogP contribution in [0.25, 0.3) is 0 Å². The Hall–Kier alpha value is -2.62. The highest BCUT2D eigenvalue weighted by Crippen LogP contribution is 2.47. The van der Waals surface area contributed by atoms with Crippen molar-refractivity contribution in [1.29, 1.82) is 0 Å². The van der Waals surface area contributed by atoms with Gasteiger partial charge in [-0.15, -0.1) is 0 Å². The topological polar surface area (TPSA) is 46.6 Å². The Balaban J connectivity index is 2.16. The molecular formula is C21H23NO3. The van der Waals surface area contributed by atoms with E-state index in [4.69, 9.17) is 4.74 Å². The Morgan fingerprint density at radius 2 is 1.44 bits per heavy atom. The number of amides is 1. The first-order chi connectivity index (χ1) is 12.1. The van der Waals surface area contributed by atoms with E-state index in [1.807, 2.05) is 62.4 Å². The lowest BCUT2D eigenvalue weighted by Gasteiger charge is -2.34. The van der Waals surface area contributed by atoms with Crippen molar-refractivity contribution in [3.8, 4) is 11.5 Å². The van der Waals surface area contributed by atoms with E-state index in [1.165, 1.54) is 6.92 Å². The van der Waals surface area contributed by atoms with Crippen LogP contribution < -0.4 is 4.74 Å². The molecule has 2 aromatic carbocycles. The van der Waals surface area contributed by atoms with Crippen molar-refractivity contribution >= 4 is 11.7 Å². The minimum absolute atomic E-state index is 0.117. The number of ether oxygens (including phenoxy) is 1. The molecule has 1 aliphatic rings. The van der Waals surface area contributed by atoms with E-state index in [1.54, 1.807) is 4.90 Å². The molecule has 0 bridgehead atoms. The number of Topliss-reactive ketones (excluding diaryl/α,β-unsaturated/α-hetero) is 1. The molecule has 1 atom stereocenters. The van der Waals surface area contributed by atoms with Crippen LogP contribution in [-0.2, 0) is 9.59 Å². The first-order valence-corrected chi connectivity index (χ1v) is 8.73. The third-order valence-electron chi connectivity index (χ3n) is 4.84. The summed E-state index contributed by atoms with van der Waals surface area (Å²) in [6, 6.07) is 15.3. The monoisotopic (exact) mass is 337 g/mol. The number of fused-ring (bicyclic) bond motifs is 2. The van der Waals surface area contributed by atoms with Crippen LogP contribution in [0.15, 0.2) is 48.5 Å². The van der Waals surface area contributed by atoms with E-state index in [0.717, 1.165) is 11.1 Å². The number of benzene rings is 2. The van der Waals surface area contributed by atoms with Crippen LogP contribution >= 0.6 is 0 Å². The fourth-order valence-corrected chi connectivity index (χ4v) is 3.59. The molecule has 2 aromatic rings. The predicted molar refractivity (Wildman–Crippen MR) is 96.9 cm³/mol. The zero-order valence-corrected chi connectivity index (χ0v) is 14.9. The van der Waals surface area contributed by atoms with Crippen molar-refractivity contribution in [1.82, 2.24) is 4.90 Å². The zero-order chi connectivity index (χ0) is 18.0. The Morgan fingerprint density at radius 1 is 0.960 bits per heavy atom. The maximum Gasteiger partial charge on any atom is 0.234 e. The summed E-state index contributed by atoms with van der Waals surface area (Å²) in [5.41, 5.74) is 1.78. The van der Waals surface area contributed by atoms with E-state index >= 15 is 0 Å². The maximum atomic E-state index is 13.1. The second-order valence-electron chi connectivity index (χ2n) is 6.25. The molecule has 1 amide bonds. The van der Waals surface area contributed by atoms with Crippen LogP contribution in [0.2, 0.25) is 0 Å². The highest BCUT2D eigenvalue weighted by Gasteiger charge is 2.41. The first-order valence-electron chi connectivity index (χ1n) is 8.73. The molecule has 1 heterocycles. The molecule has 0 saturated heterocycles. The summed E-state index contributed by atoms with van der Waals surface area (Å²) in [7, 11) is 0. The van der Waals surface area contributed by atoms with Crippen molar-refractivity contribution in [3.05, 3.63) is 59.7 Å². The average molecular weight is 337 g/mol. The molecule has 3 rings (SSSR count). The molecular weight excluding hydrogens is 314 g/mol. The molecule has 0 N–H and O–H groups in total. The summed E-state index contributed by atoms with van der Waals surface area (Å²) >= 11 is 0. The molecule has 4 nitrogen and oxygen atoms in total. The quantitative estimate of drug-likeness (QED) is 0.775. The summed E-state index contributed by atoms with van der Waals surface area (Å²) < 4.78 is 5.99. The average Bonchev–Trinajstić information content (AvgIpc) is 2.62. The van der Waals surface area contributed by atoms with Crippen molar-refractivity contribution in [2.45, 2.75) is 26.7 Å². The fourth-order valence-electron chi connectivity index (χ4n) is 3.59. The maximum absolute atomic E-state index is 13.1. The van der Waals surface area contributed by atoms with E-state index in [-0.39, 0.29) is 17.6 Å². The summed E-state index contributed by atoms with van der Waals surface area (Å²) in [5.74, 6) is 0.120. The standard InChI is InChI=1S/C21H23NO3/c1-4-22(5-2)21(24)19(14(3)23)20-15-10-6-8-12-17(15)25-18-13-9-7-11-16(18)20/h6-13,19-20H,4-5H2,1-3H3. The normalized spacial score (nSPS) is 14.0. The number of nitrogens with zero attached hydrogens (tertiary/aromatic N) is 1. The van der Waals surface area contributed by atoms with E-state index in [9.17, 15) is 9.59 Å². The van der Waals surface area contributed by atoms with Crippen LogP contribution in [0.3, 0.4) is 0 Å². The number of rotatable bonds is 5. The Morgan fingerprint density at radius 3 is 1.88 bits per heavy atom. The van der Waals surface area contributed by atoms with Crippen LogP contribution in [0.5, 0.6) is 11.5 Å². The number of hydrogen-bond donors (Lipinski definition) is 0. The molecule has 0 saturated carbocycles. The predicted octanol–water partition coefficient (Wildman–Crippen LogP) is 4.00. The molecule has 130 valence electrons. The lowest BCUT2D eigenvalue weighted by atomic mass is 9.76. The minimum Gasteiger partial charge on any atom is -0.457 e. The van der Waals surface area contributed by atoms with Crippen molar-refractivity contribution < 1.29 is 14.3 Å². The first kappa shape index (κ1) is 17.2. The third kappa shape index (κ3) is 3.04. The van der Waals surface area contributed by atoms with Crippen molar-refractivity contribution in [2.24, 2.45) is 5.92 Å². The smallest absolute Gasteiger partial charge is 0.234 e. The van der Waals surface area contributed by atoms with Gasteiger partial charge in [-0.3, -0.25) is 9.59 Å². The zero-order valence-electron chi connectivity index (χ0n) is 14.9. The number of para-hydroxylation sites is 2. The van der Waals surface area contributed by atoms with Gasteiger partial charge in [0.05, 0.1) is 0 Å². The van der Waals surface area contributed by atoms with Crippen LogP contribution in [0, 0.1) is 5.92 Å². The summed E-state index contributed by atoms with van der Waals surface area (Å²) in [5, 5.41) is 0. The SMILES string of the molecule is CCN(CC)C(=O)C(C(C)=O)C1c2ccccc2Oc2ccccc21. The van der Waals surface area contributed by atoms with Crippen molar-refractivity contribution in [3.63, 3.8) is 0 Å². The van der Waals surface area contributed by atoms with E-state index in [0.29, 0.717) is 24.6 Å². The summed E-state index contributed by atoms with van der Waals surface area (Å²) in [6.07, 6.45) is 0. The van der Waals surface area contributed by atoms with Gasteiger partial charge in [-0.25, -0.2) is 0 Å². The highest BCUT2D eigenvalue weighted by molar-refractivity contribution is 6.02. The number of carbonyl (C=O) groups excluding carboxylic acids is 2. The third-order valence-corrected chi connectivity index (χ3v) is 4.84. The van der Waals surface area contributed by atoms with Gasteiger partial charge in [0.15, 0.2) is 0 Å². The van der Waals surface area contributed by atoms with Gasteiger partial charge >= 0.3 is 0 Å².